The van der Waals surface area contributed by atoms with Gasteiger partial charge in [0.05, 0.1) is 17.2 Å². The third kappa shape index (κ3) is 4.48. The second-order valence-electron chi connectivity index (χ2n) is 7.75. The van der Waals surface area contributed by atoms with Crippen molar-refractivity contribution in [2.75, 3.05) is 5.75 Å². The van der Waals surface area contributed by atoms with Crippen LogP contribution in [0.3, 0.4) is 0 Å². The van der Waals surface area contributed by atoms with Crippen LogP contribution in [0.15, 0.2) is 65.8 Å². The molecule has 1 aromatic heterocycles. The van der Waals surface area contributed by atoms with E-state index in [0.29, 0.717) is 11.4 Å². The minimum absolute atomic E-state index is 0.0362. The highest BCUT2D eigenvalue weighted by Crippen LogP contribution is 2.24. The molecule has 0 radical (unpaired) electrons. The van der Waals surface area contributed by atoms with E-state index in [2.05, 4.69) is 30.9 Å². The van der Waals surface area contributed by atoms with Crippen molar-refractivity contribution in [1.82, 2.24) is 14.8 Å². The summed E-state index contributed by atoms with van der Waals surface area (Å²) in [6.45, 7) is 6.37. The number of aromatic nitrogens is 3. The molecule has 148 valence electrons. The van der Waals surface area contributed by atoms with Crippen molar-refractivity contribution in [2.24, 2.45) is 0 Å². The highest BCUT2D eigenvalue weighted by Gasteiger charge is 2.21. The minimum Gasteiger partial charge on any atom is -0.380 e. The van der Waals surface area contributed by atoms with Crippen LogP contribution in [0.2, 0.25) is 0 Å². The zero-order valence-electron chi connectivity index (χ0n) is 16.3. The van der Waals surface area contributed by atoms with Crippen molar-refractivity contribution in [3.05, 3.63) is 77.9 Å². The van der Waals surface area contributed by atoms with Gasteiger partial charge in [-0.25, -0.2) is 18.1 Å². The molecule has 1 unspecified atom stereocenters. The van der Waals surface area contributed by atoms with Crippen molar-refractivity contribution in [2.45, 2.75) is 43.7 Å². The van der Waals surface area contributed by atoms with Crippen LogP contribution in [0.1, 0.15) is 43.8 Å². The Morgan fingerprint density at radius 1 is 1.04 bits per heavy atom. The first-order chi connectivity index (χ1) is 13.2. The summed E-state index contributed by atoms with van der Waals surface area (Å²) in [5.41, 5.74) is 1.72. The van der Waals surface area contributed by atoms with E-state index in [1.165, 1.54) is 11.0 Å². The molecule has 6 nitrogen and oxygen atoms in total. The molecule has 3 rings (SSSR count). The standard InChI is InChI=1S/C21H25N3O3S/c1-21(2,3)17-9-11-18(12-10-17)28(26,27)14-13-24-20(22-15-23-24)19(25)16-7-5-4-6-8-16/h4-12,15,19,25H,13-14H2,1-3H3. The number of aryl methyl sites for hydroxylation is 1. The number of aliphatic hydroxyl groups is 1. The van der Waals surface area contributed by atoms with E-state index in [9.17, 15) is 13.5 Å². The molecule has 1 N–H and O–H groups in total. The lowest BCUT2D eigenvalue weighted by Crippen LogP contribution is -2.18. The molecular weight excluding hydrogens is 374 g/mol. The molecule has 3 aromatic rings. The third-order valence-electron chi connectivity index (χ3n) is 4.66. The molecule has 7 heteroatoms. The summed E-state index contributed by atoms with van der Waals surface area (Å²) in [7, 11) is -3.48. The lowest BCUT2D eigenvalue weighted by atomic mass is 9.87. The predicted octanol–water partition coefficient (Wildman–Crippen LogP) is 3.13. The van der Waals surface area contributed by atoms with Gasteiger partial charge >= 0.3 is 0 Å². The molecule has 0 bridgehead atoms. The van der Waals surface area contributed by atoms with E-state index in [1.807, 2.05) is 30.3 Å². The zero-order valence-corrected chi connectivity index (χ0v) is 17.1. The van der Waals surface area contributed by atoms with Gasteiger partial charge in [-0.05, 0) is 28.7 Å². The molecule has 0 fully saturated rings. The smallest absolute Gasteiger partial charge is 0.180 e. The average Bonchev–Trinajstić information content (AvgIpc) is 3.15. The van der Waals surface area contributed by atoms with Crippen LogP contribution >= 0.6 is 0 Å². The molecule has 28 heavy (non-hydrogen) atoms. The lowest BCUT2D eigenvalue weighted by Gasteiger charge is -2.19. The Balaban J connectivity index is 1.75. The number of benzene rings is 2. The van der Waals surface area contributed by atoms with Gasteiger partial charge in [0.2, 0.25) is 0 Å². The zero-order chi connectivity index (χ0) is 20.4. The van der Waals surface area contributed by atoms with Crippen LogP contribution < -0.4 is 0 Å². The summed E-state index contributed by atoms with van der Waals surface area (Å²) in [6, 6.07) is 16.1. The van der Waals surface area contributed by atoms with Gasteiger partial charge in [0.25, 0.3) is 0 Å². The number of sulfone groups is 1. The molecule has 0 aliphatic heterocycles. The Kier molecular flexibility index (Phi) is 5.67. The van der Waals surface area contributed by atoms with Gasteiger partial charge in [-0.1, -0.05) is 63.2 Å². The van der Waals surface area contributed by atoms with Crippen LogP contribution in [0.25, 0.3) is 0 Å². The third-order valence-corrected chi connectivity index (χ3v) is 6.37. The van der Waals surface area contributed by atoms with Gasteiger partial charge < -0.3 is 5.11 Å². The van der Waals surface area contributed by atoms with Crippen LogP contribution in [0.5, 0.6) is 0 Å². The highest BCUT2D eigenvalue weighted by atomic mass is 32.2. The Bertz CT molecular complexity index is 1020. The Morgan fingerprint density at radius 3 is 2.29 bits per heavy atom. The van der Waals surface area contributed by atoms with Gasteiger partial charge in [-0.2, -0.15) is 5.10 Å². The van der Waals surface area contributed by atoms with Crippen molar-refractivity contribution in [1.29, 1.82) is 0 Å². The van der Waals surface area contributed by atoms with Gasteiger partial charge in [0.15, 0.2) is 15.7 Å². The van der Waals surface area contributed by atoms with E-state index >= 15 is 0 Å². The van der Waals surface area contributed by atoms with Crippen molar-refractivity contribution in [3.63, 3.8) is 0 Å². The van der Waals surface area contributed by atoms with Crippen molar-refractivity contribution < 1.29 is 13.5 Å². The fraction of sp³-hybridized carbons (Fsp3) is 0.333. The Labute approximate surface area is 165 Å². The average molecular weight is 400 g/mol. The largest absolute Gasteiger partial charge is 0.380 e. The topological polar surface area (TPSA) is 85.1 Å². The molecule has 0 saturated carbocycles. The second kappa shape index (κ2) is 7.85. The predicted molar refractivity (Wildman–Crippen MR) is 108 cm³/mol. The minimum atomic E-state index is -3.48. The summed E-state index contributed by atoms with van der Waals surface area (Å²) >= 11 is 0. The number of hydrogen-bond acceptors (Lipinski definition) is 5. The van der Waals surface area contributed by atoms with Crippen LogP contribution in [-0.4, -0.2) is 34.0 Å². The molecule has 0 spiro atoms. The van der Waals surface area contributed by atoms with Gasteiger partial charge in [0, 0.05) is 0 Å². The lowest BCUT2D eigenvalue weighted by molar-refractivity contribution is 0.203. The molecule has 1 heterocycles. The number of hydrogen-bond donors (Lipinski definition) is 1. The van der Waals surface area contributed by atoms with E-state index in [4.69, 9.17) is 0 Å². The summed E-state index contributed by atoms with van der Waals surface area (Å²) in [5.74, 6) is 0.198. The SMILES string of the molecule is CC(C)(C)c1ccc(S(=O)(=O)CCn2ncnc2C(O)c2ccccc2)cc1. The number of aliphatic hydroxyl groups excluding tert-OH is 1. The highest BCUT2D eigenvalue weighted by molar-refractivity contribution is 7.91. The molecule has 0 aliphatic rings. The van der Waals surface area contributed by atoms with E-state index < -0.39 is 15.9 Å². The van der Waals surface area contributed by atoms with E-state index in [1.54, 1.807) is 24.3 Å². The molecule has 1 atom stereocenters. The quantitative estimate of drug-likeness (QED) is 0.688. The number of rotatable bonds is 6. The molecular formula is C21H25N3O3S. The first kappa shape index (κ1) is 20.2. The second-order valence-corrected chi connectivity index (χ2v) is 9.86. The summed E-state index contributed by atoms with van der Waals surface area (Å²) in [4.78, 5) is 4.39. The first-order valence-corrected chi connectivity index (χ1v) is 10.8. The molecule has 0 aliphatic carbocycles. The first-order valence-electron chi connectivity index (χ1n) is 9.12. The number of nitrogens with zero attached hydrogens (tertiary/aromatic N) is 3. The van der Waals surface area contributed by atoms with Crippen LogP contribution in [-0.2, 0) is 21.8 Å². The monoisotopic (exact) mass is 399 g/mol. The van der Waals surface area contributed by atoms with Gasteiger partial charge in [0.1, 0.15) is 12.4 Å². The summed E-state index contributed by atoms with van der Waals surface area (Å²) in [6.07, 6.45) is 0.365. The van der Waals surface area contributed by atoms with Gasteiger partial charge in [-0.3, -0.25) is 0 Å². The fourth-order valence-electron chi connectivity index (χ4n) is 2.93. The van der Waals surface area contributed by atoms with E-state index in [-0.39, 0.29) is 22.6 Å². The maximum Gasteiger partial charge on any atom is 0.180 e. The fourth-order valence-corrected chi connectivity index (χ4v) is 4.13. The van der Waals surface area contributed by atoms with Crippen LogP contribution in [0, 0.1) is 0 Å². The Hall–Kier alpha value is -2.51. The van der Waals surface area contributed by atoms with Gasteiger partial charge in [-0.15, -0.1) is 0 Å². The molecule has 0 saturated heterocycles. The van der Waals surface area contributed by atoms with Crippen molar-refractivity contribution >= 4 is 9.84 Å². The normalized spacial score (nSPS) is 13.4. The maximum atomic E-state index is 12.7. The molecule has 2 aromatic carbocycles. The summed E-state index contributed by atoms with van der Waals surface area (Å²) < 4.78 is 26.9. The van der Waals surface area contributed by atoms with Crippen molar-refractivity contribution in [3.8, 4) is 0 Å². The summed E-state index contributed by atoms with van der Waals surface area (Å²) in [5, 5.41) is 14.6. The maximum absolute atomic E-state index is 12.7. The van der Waals surface area contributed by atoms with Crippen LogP contribution in [0.4, 0.5) is 0 Å². The Morgan fingerprint density at radius 2 is 1.68 bits per heavy atom. The molecule has 0 amide bonds. The van der Waals surface area contributed by atoms with E-state index in [0.717, 1.165) is 5.56 Å².